The highest BCUT2D eigenvalue weighted by Crippen LogP contribution is 2.12. The van der Waals surface area contributed by atoms with E-state index >= 15 is 0 Å². The fourth-order valence-corrected chi connectivity index (χ4v) is 2.40. The lowest BCUT2D eigenvalue weighted by Crippen LogP contribution is -2.46. The minimum Gasteiger partial charge on any atom is -0.300 e. The largest absolute Gasteiger partial charge is 0.300 e. The van der Waals surface area contributed by atoms with Crippen molar-refractivity contribution in [2.24, 2.45) is 5.92 Å². The van der Waals surface area contributed by atoms with Gasteiger partial charge in [-0.2, -0.15) is 0 Å². The van der Waals surface area contributed by atoms with E-state index in [1.54, 1.807) is 6.08 Å². The summed E-state index contributed by atoms with van der Waals surface area (Å²) in [5.74, 6) is 0.619. The quantitative estimate of drug-likeness (QED) is 0.469. The van der Waals surface area contributed by atoms with Gasteiger partial charge in [0, 0.05) is 39.3 Å². The van der Waals surface area contributed by atoms with Gasteiger partial charge in [-0.15, -0.1) is 0 Å². The van der Waals surface area contributed by atoms with Gasteiger partial charge in [0.15, 0.2) is 0 Å². The first-order chi connectivity index (χ1) is 10.1. The van der Waals surface area contributed by atoms with Gasteiger partial charge in [0.1, 0.15) is 0 Å². The highest BCUT2D eigenvalue weighted by Gasteiger charge is 2.16. The lowest BCUT2D eigenvalue weighted by Gasteiger charge is -2.34. The molecule has 1 aliphatic heterocycles. The Morgan fingerprint density at radius 3 is 2.19 bits per heavy atom. The van der Waals surface area contributed by atoms with E-state index in [9.17, 15) is 0 Å². The number of rotatable bonds is 9. The van der Waals surface area contributed by atoms with Gasteiger partial charge in [0.25, 0.3) is 0 Å². The van der Waals surface area contributed by atoms with Crippen LogP contribution in [0, 0.1) is 5.92 Å². The Balaban J connectivity index is 2.12. The molecule has 0 aromatic heterocycles. The molecule has 0 aliphatic carbocycles. The van der Waals surface area contributed by atoms with Crippen LogP contribution in [-0.2, 0) is 0 Å². The Morgan fingerprint density at radius 2 is 1.62 bits per heavy atom. The number of nitrogens with zero attached hydrogens (tertiary/aromatic N) is 2. The molecular weight excluding hydrogens is 256 g/mol. The predicted molar refractivity (Wildman–Crippen MR) is 94.6 cm³/mol. The van der Waals surface area contributed by atoms with Crippen molar-refractivity contribution >= 4 is 0 Å². The summed E-state index contributed by atoms with van der Waals surface area (Å²) in [6.07, 6.45) is 12.4. The van der Waals surface area contributed by atoms with Crippen molar-refractivity contribution in [1.29, 1.82) is 0 Å². The topological polar surface area (TPSA) is 6.48 Å². The van der Waals surface area contributed by atoms with E-state index < -0.39 is 0 Å². The Hall–Kier alpha value is -1.12. The third kappa shape index (κ3) is 8.03. The summed E-state index contributed by atoms with van der Waals surface area (Å²) in [7, 11) is 0. The molecule has 1 aliphatic rings. The third-order valence-corrected chi connectivity index (χ3v) is 4.14. The van der Waals surface area contributed by atoms with Crippen molar-refractivity contribution in [1.82, 2.24) is 9.80 Å². The van der Waals surface area contributed by atoms with Crippen LogP contribution >= 0.6 is 0 Å². The van der Waals surface area contributed by atoms with Crippen LogP contribution < -0.4 is 0 Å². The molecule has 0 amide bonds. The molecule has 1 rings (SSSR count). The van der Waals surface area contributed by atoms with E-state index in [0.717, 1.165) is 12.8 Å². The molecule has 0 aromatic carbocycles. The first-order valence-electron chi connectivity index (χ1n) is 8.20. The average Bonchev–Trinajstić information content (AvgIpc) is 2.49. The van der Waals surface area contributed by atoms with E-state index in [1.807, 2.05) is 12.2 Å². The Labute approximate surface area is 131 Å². The van der Waals surface area contributed by atoms with Gasteiger partial charge in [-0.1, -0.05) is 63.0 Å². The maximum absolute atomic E-state index is 4.17. The Bertz CT molecular complexity index is 358. The summed E-state index contributed by atoms with van der Waals surface area (Å²) in [5.41, 5.74) is 1.38. The first kappa shape index (κ1) is 17.9. The van der Waals surface area contributed by atoms with Gasteiger partial charge in [-0.3, -0.25) is 0 Å². The van der Waals surface area contributed by atoms with Gasteiger partial charge >= 0.3 is 0 Å². The second-order valence-electron chi connectivity index (χ2n) is 6.08. The minimum atomic E-state index is 0.619. The summed E-state index contributed by atoms with van der Waals surface area (Å²) < 4.78 is 0. The van der Waals surface area contributed by atoms with Crippen molar-refractivity contribution in [3.63, 3.8) is 0 Å². The average molecular weight is 288 g/mol. The van der Waals surface area contributed by atoms with Gasteiger partial charge in [0.2, 0.25) is 0 Å². The Morgan fingerprint density at radius 1 is 1.00 bits per heavy atom. The summed E-state index contributed by atoms with van der Waals surface area (Å²) in [4.78, 5) is 5.14. The fraction of sp³-hybridized carbons (Fsp3) is 0.579. The molecule has 0 N–H and O–H groups in total. The number of piperazine rings is 1. The predicted octanol–water partition coefficient (Wildman–Crippen LogP) is 3.89. The van der Waals surface area contributed by atoms with Gasteiger partial charge in [0.05, 0.1) is 0 Å². The zero-order valence-electron chi connectivity index (χ0n) is 13.9. The number of allylic oxidation sites excluding steroid dienone is 4. The zero-order valence-corrected chi connectivity index (χ0v) is 13.9. The van der Waals surface area contributed by atoms with Crippen LogP contribution in [-0.4, -0.2) is 49.1 Å². The third-order valence-electron chi connectivity index (χ3n) is 4.14. The van der Waals surface area contributed by atoms with Crippen LogP contribution in [0.15, 0.2) is 49.1 Å². The molecule has 21 heavy (non-hydrogen) atoms. The van der Waals surface area contributed by atoms with Crippen molar-refractivity contribution in [3.05, 3.63) is 49.1 Å². The smallest absolute Gasteiger partial charge is 0.0110 e. The molecule has 0 aromatic rings. The Kier molecular flexibility index (Phi) is 9.04. The normalized spacial score (nSPS) is 18.0. The molecule has 118 valence electrons. The van der Waals surface area contributed by atoms with E-state index in [1.165, 1.54) is 44.8 Å². The van der Waals surface area contributed by atoms with Crippen LogP contribution in [0.5, 0.6) is 0 Å². The molecule has 0 spiro atoms. The molecule has 2 nitrogen and oxygen atoms in total. The molecule has 1 fully saturated rings. The molecule has 0 radical (unpaired) electrons. The van der Waals surface area contributed by atoms with Crippen molar-refractivity contribution in [2.75, 3.05) is 39.3 Å². The highest BCUT2D eigenvalue weighted by molar-refractivity contribution is 5.08. The lowest BCUT2D eigenvalue weighted by atomic mass is 10.0. The van der Waals surface area contributed by atoms with Gasteiger partial charge in [-0.05, 0) is 18.8 Å². The van der Waals surface area contributed by atoms with E-state index in [2.05, 4.69) is 49.0 Å². The molecule has 0 atom stereocenters. The van der Waals surface area contributed by atoms with Crippen LogP contribution in [0.2, 0.25) is 0 Å². The summed E-state index contributed by atoms with van der Waals surface area (Å²) >= 11 is 0. The van der Waals surface area contributed by atoms with Crippen molar-refractivity contribution in [2.45, 2.75) is 26.7 Å². The number of hydrogen-bond acceptors (Lipinski definition) is 2. The first-order valence-corrected chi connectivity index (χ1v) is 8.20. The van der Waals surface area contributed by atoms with Crippen LogP contribution in [0.3, 0.4) is 0 Å². The van der Waals surface area contributed by atoms with Gasteiger partial charge in [-0.25, -0.2) is 0 Å². The van der Waals surface area contributed by atoms with Crippen molar-refractivity contribution in [3.8, 4) is 0 Å². The minimum absolute atomic E-state index is 0.619. The van der Waals surface area contributed by atoms with Crippen LogP contribution in [0.25, 0.3) is 0 Å². The lowest BCUT2D eigenvalue weighted by molar-refractivity contribution is 0.134. The molecule has 1 saturated heterocycles. The summed E-state index contributed by atoms with van der Waals surface area (Å²) in [6.45, 7) is 19.4. The molecule has 0 bridgehead atoms. The summed E-state index contributed by atoms with van der Waals surface area (Å²) in [5, 5.41) is 0. The van der Waals surface area contributed by atoms with E-state index in [4.69, 9.17) is 0 Å². The maximum atomic E-state index is 4.17. The standard InChI is InChI=1S/C19H32N2/c1-5-6-7-8-9-10-12-20-14-16-21(17-15-20)13-11-19(4)18(2)3/h5-9,18H,1,4,10-17H2,2-3H3/b7-6-,9-8-. The van der Waals surface area contributed by atoms with Gasteiger partial charge < -0.3 is 9.80 Å². The zero-order chi connectivity index (χ0) is 15.5. The highest BCUT2D eigenvalue weighted by atomic mass is 15.3. The monoisotopic (exact) mass is 288 g/mol. The van der Waals surface area contributed by atoms with E-state index in [0.29, 0.717) is 5.92 Å². The molecule has 1 heterocycles. The molecule has 2 heteroatoms. The maximum Gasteiger partial charge on any atom is 0.0110 e. The van der Waals surface area contributed by atoms with Crippen LogP contribution in [0.4, 0.5) is 0 Å². The molecular formula is C19H32N2. The fourth-order valence-electron chi connectivity index (χ4n) is 2.40. The summed E-state index contributed by atoms with van der Waals surface area (Å²) in [6, 6.07) is 0. The number of hydrogen-bond donors (Lipinski definition) is 0. The SMILES string of the molecule is C=C/C=C\C=C/CCN1CCN(CCC(=C)C(C)C)CC1. The second-order valence-corrected chi connectivity index (χ2v) is 6.08. The van der Waals surface area contributed by atoms with Crippen molar-refractivity contribution < 1.29 is 0 Å². The second kappa shape index (κ2) is 10.6. The van der Waals surface area contributed by atoms with E-state index in [-0.39, 0.29) is 0 Å². The molecule has 0 unspecified atom stereocenters. The van der Waals surface area contributed by atoms with Crippen LogP contribution in [0.1, 0.15) is 26.7 Å². The molecule has 0 saturated carbocycles.